The fraction of sp³-hybridized carbons (Fsp3) is 0.462. The molecule has 0 radical (unpaired) electrons. The molecule has 1 heterocycles. The van der Waals surface area contributed by atoms with Crippen molar-refractivity contribution in [3.63, 3.8) is 0 Å². The van der Waals surface area contributed by atoms with Gasteiger partial charge in [-0.2, -0.15) is 0 Å². The molecule has 0 spiro atoms. The van der Waals surface area contributed by atoms with Crippen molar-refractivity contribution >= 4 is 16.8 Å². The van der Waals surface area contributed by atoms with E-state index in [1.807, 2.05) is 32.3 Å². The van der Waals surface area contributed by atoms with Crippen molar-refractivity contribution < 1.29 is 4.42 Å². The SMILES string of the molecule is CNCC(C)(C)N(C)c1ccc2oc(=O)[nH]c2c1. The Balaban J connectivity index is 2.38. The number of hydrogen-bond donors (Lipinski definition) is 2. The summed E-state index contributed by atoms with van der Waals surface area (Å²) in [6, 6.07) is 5.70. The van der Waals surface area contributed by atoms with Gasteiger partial charge in [0.05, 0.1) is 5.52 Å². The highest BCUT2D eigenvalue weighted by molar-refractivity contribution is 5.77. The third-order valence-corrected chi connectivity index (χ3v) is 3.31. The maximum atomic E-state index is 11.1. The van der Waals surface area contributed by atoms with E-state index < -0.39 is 5.76 Å². The first kappa shape index (κ1) is 12.7. The van der Waals surface area contributed by atoms with Crippen LogP contribution >= 0.6 is 0 Å². The second kappa shape index (κ2) is 4.49. The Morgan fingerprint density at radius 1 is 1.44 bits per heavy atom. The maximum absolute atomic E-state index is 11.1. The Morgan fingerprint density at radius 2 is 2.17 bits per heavy atom. The van der Waals surface area contributed by atoms with Gasteiger partial charge < -0.3 is 14.6 Å². The highest BCUT2D eigenvalue weighted by atomic mass is 16.4. The van der Waals surface area contributed by atoms with Crippen LogP contribution < -0.4 is 16.0 Å². The number of aromatic nitrogens is 1. The molecule has 1 aromatic carbocycles. The minimum absolute atomic E-state index is 0.0214. The first-order valence-electron chi connectivity index (χ1n) is 5.95. The average Bonchev–Trinajstić information content (AvgIpc) is 2.66. The zero-order valence-electron chi connectivity index (χ0n) is 11.2. The highest BCUT2D eigenvalue weighted by Gasteiger charge is 2.23. The zero-order chi connectivity index (χ0) is 13.3. The Kier molecular flexibility index (Phi) is 3.17. The normalized spacial score (nSPS) is 12.0. The van der Waals surface area contributed by atoms with E-state index in [0.717, 1.165) is 17.7 Å². The van der Waals surface area contributed by atoms with Crippen molar-refractivity contribution in [3.8, 4) is 0 Å². The fourth-order valence-electron chi connectivity index (χ4n) is 2.05. The number of fused-ring (bicyclic) bond motifs is 1. The molecule has 0 atom stereocenters. The lowest BCUT2D eigenvalue weighted by Crippen LogP contribution is -2.48. The zero-order valence-corrected chi connectivity index (χ0v) is 11.2. The molecule has 2 aromatic rings. The number of rotatable bonds is 4. The number of likely N-dealkylation sites (N-methyl/N-ethyl adjacent to an activating group) is 2. The molecule has 2 rings (SSSR count). The lowest BCUT2D eigenvalue weighted by Gasteiger charge is -2.37. The number of anilines is 1. The van der Waals surface area contributed by atoms with Crippen LogP contribution in [-0.2, 0) is 0 Å². The summed E-state index contributed by atoms with van der Waals surface area (Å²) in [5, 5.41) is 3.18. The van der Waals surface area contributed by atoms with Crippen LogP contribution in [-0.4, -0.2) is 31.2 Å². The Bertz CT molecular complexity index is 598. The van der Waals surface area contributed by atoms with Crippen LogP contribution in [0.4, 0.5) is 5.69 Å². The standard InChI is InChI=1S/C13H19N3O2/c1-13(2,8-14-3)16(4)9-5-6-11-10(7-9)15-12(17)18-11/h5-7,14H,8H2,1-4H3,(H,15,17). The number of H-pyrrole nitrogens is 1. The first-order valence-corrected chi connectivity index (χ1v) is 5.95. The quantitative estimate of drug-likeness (QED) is 0.863. The summed E-state index contributed by atoms with van der Waals surface area (Å²) in [7, 11) is 3.98. The molecule has 5 nitrogen and oxygen atoms in total. The number of oxazole rings is 1. The third kappa shape index (κ3) is 2.26. The average molecular weight is 249 g/mol. The second-order valence-corrected chi connectivity index (χ2v) is 5.10. The van der Waals surface area contributed by atoms with Gasteiger partial charge in [-0.15, -0.1) is 0 Å². The molecule has 0 aliphatic rings. The molecule has 18 heavy (non-hydrogen) atoms. The number of aromatic amines is 1. The molecule has 98 valence electrons. The van der Waals surface area contributed by atoms with Gasteiger partial charge in [0, 0.05) is 24.8 Å². The van der Waals surface area contributed by atoms with E-state index in [1.54, 1.807) is 0 Å². The van der Waals surface area contributed by atoms with E-state index in [4.69, 9.17) is 4.42 Å². The Labute approximate surface area is 106 Å². The van der Waals surface area contributed by atoms with Gasteiger partial charge >= 0.3 is 5.76 Å². The van der Waals surface area contributed by atoms with Gasteiger partial charge in [-0.05, 0) is 39.1 Å². The van der Waals surface area contributed by atoms with Crippen molar-refractivity contribution in [2.24, 2.45) is 0 Å². The molecule has 0 aliphatic heterocycles. The monoisotopic (exact) mass is 249 g/mol. The van der Waals surface area contributed by atoms with E-state index in [0.29, 0.717) is 5.58 Å². The number of nitrogens with zero attached hydrogens (tertiary/aromatic N) is 1. The molecular weight excluding hydrogens is 230 g/mol. The number of hydrogen-bond acceptors (Lipinski definition) is 4. The lowest BCUT2D eigenvalue weighted by molar-refractivity contribution is 0.463. The molecule has 5 heteroatoms. The van der Waals surface area contributed by atoms with E-state index in [1.165, 1.54) is 0 Å². The summed E-state index contributed by atoms with van der Waals surface area (Å²) in [5.74, 6) is -0.417. The van der Waals surface area contributed by atoms with Crippen LogP contribution in [0.1, 0.15) is 13.8 Å². The fourth-order valence-corrected chi connectivity index (χ4v) is 2.05. The topological polar surface area (TPSA) is 61.3 Å². The third-order valence-electron chi connectivity index (χ3n) is 3.31. The lowest BCUT2D eigenvalue weighted by atomic mass is 10.0. The van der Waals surface area contributed by atoms with Crippen LogP contribution in [0.25, 0.3) is 11.1 Å². The van der Waals surface area contributed by atoms with Gasteiger partial charge in [-0.25, -0.2) is 4.79 Å². The van der Waals surface area contributed by atoms with Crippen molar-refractivity contribution in [1.82, 2.24) is 10.3 Å². The number of benzene rings is 1. The van der Waals surface area contributed by atoms with Gasteiger partial charge in [-0.3, -0.25) is 4.98 Å². The van der Waals surface area contributed by atoms with Crippen molar-refractivity contribution in [3.05, 3.63) is 28.7 Å². The largest absolute Gasteiger partial charge is 0.417 e. The number of nitrogens with one attached hydrogen (secondary N) is 2. The van der Waals surface area contributed by atoms with Crippen LogP contribution in [0, 0.1) is 0 Å². The summed E-state index contributed by atoms with van der Waals surface area (Å²) in [5.41, 5.74) is 2.33. The molecule has 2 N–H and O–H groups in total. The minimum atomic E-state index is -0.417. The summed E-state index contributed by atoms with van der Waals surface area (Å²) in [6.45, 7) is 5.18. The summed E-state index contributed by atoms with van der Waals surface area (Å²) in [6.07, 6.45) is 0. The summed E-state index contributed by atoms with van der Waals surface area (Å²) in [4.78, 5) is 16.0. The molecule has 0 bridgehead atoms. The molecule has 0 saturated carbocycles. The van der Waals surface area contributed by atoms with Gasteiger partial charge in [0.25, 0.3) is 0 Å². The van der Waals surface area contributed by atoms with Gasteiger partial charge in [0.15, 0.2) is 5.58 Å². The molecule has 0 unspecified atom stereocenters. The first-order chi connectivity index (χ1) is 8.44. The highest BCUT2D eigenvalue weighted by Crippen LogP contribution is 2.24. The maximum Gasteiger partial charge on any atom is 0.417 e. The smallest absolute Gasteiger partial charge is 0.408 e. The van der Waals surface area contributed by atoms with Gasteiger partial charge in [0.1, 0.15) is 0 Å². The van der Waals surface area contributed by atoms with E-state index >= 15 is 0 Å². The van der Waals surface area contributed by atoms with Crippen molar-refractivity contribution in [2.75, 3.05) is 25.5 Å². The van der Waals surface area contributed by atoms with Crippen LogP contribution in [0.5, 0.6) is 0 Å². The van der Waals surface area contributed by atoms with Crippen LogP contribution in [0.2, 0.25) is 0 Å². The van der Waals surface area contributed by atoms with Crippen LogP contribution in [0.15, 0.2) is 27.4 Å². The molecule has 0 saturated heterocycles. The summed E-state index contributed by atoms with van der Waals surface area (Å²) >= 11 is 0. The molecule has 0 amide bonds. The summed E-state index contributed by atoms with van der Waals surface area (Å²) < 4.78 is 4.99. The van der Waals surface area contributed by atoms with Crippen molar-refractivity contribution in [2.45, 2.75) is 19.4 Å². The predicted octanol–water partition coefficient (Wildman–Crippen LogP) is 1.56. The Hall–Kier alpha value is -1.75. The van der Waals surface area contributed by atoms with Crippen molar-refractivity contribution in [1.29, 1.82) is 0 Å². The van der Waals surface area contributed by atoms with Gasteiger partial charge in [-0.1, -0.05) is 0 Å². The molecule has 1 aromatic heterocycles. The predicted molar refractivity (Wildman–Crippen MR) is 73.2 cm³/mol. The van der Waals surface area contributed by atoms with E-state index in [9.17, 15) is 4.79 Å². The van der Waals surface area contributed by atoms with Crippen LogP contribution in [0.3, 0.4) is 0 Å². The minimum Gasteiger partial charge on any atom is -0.408 e. The van der Waals surface area contributed by atoms with Gasteiger partial charge in [0.2, 0.25) is 0 Å². The molecular formula is C13H19N3O2. The second-order valence-electron chi connectivity index (χ2n) is 5.10. The molecule has 0 fully saturated rings. The van der Waals surface area contributed by atoms with E-state index in [-0.39, 0.29) is 5.54 Å². The Morgan fingerprint density at radius 3 is 2.83 bits per heavy atom. The van der Waals surface area contributed by atoms with E-state index in [2.05, 4.69) is 29.0 Å². The molecule has 0 aliphatic carbocycles.